The molecular formula is C15H14F3NO4. The molecule has 1 aromatic carbocycles. The van der Waals surface area contributed by atoms with Crippen molar-refractivity contribution in [3.63, 3.8) is 0 Å². The third-order valence-corrected chi connectivity index (χ3v) is 4.58. The lowest BCUT2D eigenvalue weighted by Crippen LogP contribution is -2.59. The Hall–Kier alpha value is -1.64. The summed E-state index contributed by atoms with van der Waals surface area (Å²) in [6.07, 6.45) is -5.17. The van der Waals surface area contributed by atoms with Crippen LogP contribution in [0.15, 0.2) is 30.3 Å². The van der Waals surface area contributed by atoms with Gasteiger partial charge in [0.15, 0.2) is 0 Å². The molecule has 4 rings (SSSR count). The zero-order chi connectivity index (χ0) is 16.3. The molecule has 2 atom stereocenters. The van der Waals surface area contributed by atoms with E-state index in [1.54, 1.807) is 30.3 Å². The van der Waals surface area contributed by atoms with Gasteiger partial charge >= 0.3 is 12.1 Å². The summed E-state index contributed by atoms with van der Waals surface area (Å²) in [7, 11) is 0. The zero-order valence-electron chi connectivity index (χ0n) is 12.0. The van der Waals surface area contributed by atoms with Crippen molar-refractivity contribution >= 4 is 5.97 Å². The molecule has 5 nitrogen and oxygen atoms in total. The number of benzene rings is 1. The molecule has 3 heterocycles. The zero-order valence-corrected chi connectivity index (χ0v) is 12.0. The van der Waals surface area contributed by atoms with Gasteiger partial charge in [-0.2, -0.15) is 18.1 Å². The largest absolute Gasteiger partial charge is 0.443 e. The normalized spacial score (nSPS) is 33.2. The molecule has 8 heteroatoms. The molecular weight excluding hydrogens is 315 g/mol. The molecule has 0 N–H and O–H groups in total. The Kier molecular flexibility index (Phi) is 3.04. The maximum atomic E-state index is 13.8. The minimum Gasteiger partial charge on any atom is -0.432 e. The van der Waals surface area contributed by atoms with Crippen LogP contribution < -0.4 is 0 Å². The van der Waals surface area contributed by atoms with Gasteiger partial charge in [0.2, 0.25) is 5.91 Å². The number of hydrogen-bond donors (Lipinski definition) is 0. The molecule has 0 bridgehead atoms. The summed E-state index contributed by atoms with van der Waals surface area (Å²) in [5, 5.41) is 0. The molecule has 3 aliphatic heterocycles. The summed E-state index contributed by atoms with van der Waals surface area (Å²) in [6, 6.07) is 7.03. The van der Waals surface area contributed by atoms with Gasteiger partial charge in [-0.25, -0.2) is 4.79 Å². The molecule has 0 amide bonds. The Labute approximate surface area is 129 Å². The number of hydrogen-bond acceptors (Lipinski definition) is 5. The summed E-state index contributed by atoms with van der Waals surface area (Å²) in [6.45, 7) is 0.361. The molecule has 23 heavy (non-hydrogen) atoms. The van der Waals surface area contributed by atoms with Gasteiger partial charge in [-0.15, -0.1) is 0 Å². The van der Waals surface area contributed by atoms with Crippen LogP contribution in [-0.2, 0) is 19.0 Å². The van der Waals surface area contributed by atoms with Crippen LogP contribution in [0.2, 0.25) is 0 Å². The first-order chi connectivity index (χ1) is 10.9. The van der Waals surface area contributed by atoms with Gasteiger partial charge in [-0.05, 0) is 5.56 Å². The van der Waals surface area contributed by atoms with E-state index in [-0.39, 0.29) is 19.6 Å². The van der Waals surface area contributed by atoms with E-state index < -0.39 is 36.2 Å². The number of halogens is 3. The number of nitrogens with zero attached hydrogens (tertiary/aromatic N) is 1. The summed E-state index contributed by atoms with van der Waals surface area (Å²) in [4.78, 5) is 13.2. The highest BCUT2D eigenvalue weighted by Gasteiger charge is 2.78. The Morgan fingerprint density at radius 3 is 2.35 bits per heavy atom. The van der Waals surface area contributed by atoms with E-state index in [4.69, 9.17) is 14.2 Å². The summed E-state index contributed by atoms with van der Waals surface area (Å²) >= 11 is 0. The number of carbonyl (C=O) groups is 1. The highest BCUT2D eigenvalue weighted by Crippen LogP contribution is 2.59. The maximum absolute atomic E-state index is 13.8. The average molecular weight is 329 g/mol. The van der Waals surface area contributed by atoms with Crippen LogP contribution in [0.25, 0.3) is 0 Å². The van der Waals surface area contributed by atoms with Crippen LogP contribution in [0.5, 0.6) is 0 Å². The molecule has 0 saturated carbocycles. The van der Waals surface area contributed by atoms with Gasteiger partial charge in [-0.3, -0.25) is 0 Å². The lowest BCUT2D eigenvalue weighted by atomic mass is 10.0. The number of rotatable bonds is 1. The SMILES string of the molecule is O=C1O[C@@]2(C(F)(F)F)CCC3(OCCO3)N2[C@@H]1c1ccccc1. The van der Waals surface area contributed by atoms with Crippen molar-refractivity contribution in [2.24, 2.45) is 0 Å². The van der Waals surface area contributed by atoms with Crippen LogP contribution in [0.3, 0.4) is 0 Å². The van der Waals surface area contributed by atoms with Gasteiger partial charge in [0.25, 0.3) is 5.72 Å². The smallest absolute Gasteiger partial charge is 0.432 e. The predicted octanol–water partition coefficient (Wildman–Crippen LogP) is 2.34. The molecule has 0 unspecified atom stereocenters. The van der Waals surface area contributed by atoms with Crippen molar-refractivity contribution in [2.45, 2.75) is 36.7 Å². The fraction of sp³-hybridized carbons (Fsp3) is 0.533. The molecule has 0 radical (unpaired) electrons. The first kappa shape index (κ1) is 14.9. The Bertz CT molecular complexity index is 629. The van der Waals surface area contributed by atoms with Gasteiger partial charge < -0.3 is 14.2 Å². The molecule has 3 saturated heterocycles. The van der Waals surface area contributed by atoms with Crippen molar-refractivity contribution in [3.05, 3.63) is 35.9 Å². The van der Waals surface area contributed by atoms with Crippen LogP contribution >= 0.6 is 0 Å². The molecule has 0 aliphatic carbocycles. The summed E-state index contributed by atoms with van der Waals surface area (Å²) in [5.41, 5.74) is -2.28. The number of esters is 1. The molecule has 1 spiro atoms. The first-order valence-electron chi connectivity index (χ1n) is 7.32. The Morgan fingerprint density at radius 2 is 1.74 bits per heavy atom. The van der Waals surface area contributed by atoms with E-state index >= 15 is 0 Å². The van der Waals surface area contributed by atoms with Crippen LogP contribution in [0, 0.1) is 0 Å². The summed E-state index contributed by atoms with van der Waals surface area (Å²) < 4.78 is 57.2. The van der Waals surface area contributed by atoms with E-state index in [0.717, 1.165) is 4.90 Å². The first-order valence-corrected chi connectivity index (χ1v) is 7.32. The van der Waals surface area contributed by atoms with Crippen molar-refractivity contribution < 1.29 is 32.2 Å². The van der Waals surface area contributed by atoms with Crippen molar-refractivity contribution in [1.82, 2.24) is 4.90 Å². The minimum absolute atomic E-state index is 0.0108. The van der Waals surface area contributed by atoms with Gasteiger partial charge in [-0.1, -0.05) is 30.3 Å². The standard InChI is InChI=1S/C15H14F3NO4/c16-15(17,18)13-6-7-14(21-8-9-22-14)19(13)11(12(20)23-13)10-4-2-1-3-5-10/h1-5,11H,6-9H2/t11-,13-/m1/s1. The lowest BCUT2D eigenvalue weighted by Gasteiger charge is -2.39. The number of carbonyl (C=O) groups excluding carboxylic acids is 1. The van der Waals surface area contributed by atoms with Crippen molar-refractivity contribution in [3.8, 4) is 0 Å². The molecule has 3 aliphatic rings. The van der Waals surface area contributed by atoms with E-state index in [2.05, 4.69) is 0 Å². The van der Waals surface area contributed by atoms with Crippen molar-refractivity contribution in [1.29, 1.82) is 0 Å². The third kappa shape index (κ3) is 1.88. The third-order valence-electron chi connectivity index (χ3n) is 4.58. The van der Waals surface area contributed by atoms with Crippen LogP contribution in [0.4, 0.5) is 13.2 Å². The molecule has 124 valence electrons. The molecule has 0 aromatic heterocycles. The van der Waals surface area contributed by atoms with Gasteiger partial charge in [0.05, 0.1) is 13.2 Å². The Morgan fingerprint density at radius 1 is 1.09 bits per heavy atom. The number of ether oxygens (including phenoxy) is 3. The van der Waals surface area contributed by atoms with Crippen molar-refractivity contribution in [2.75, 3.05) is 13.2 Å². The van der Waals surface area contributed by atoms with E-state index in [1.165, 1.54) is 0 Å². The van der Waals surface area contributed by atoms with Gasteiger partial charge in [0.1, 0.15) is 6.04 Å². The fourth-order valence-corrected chi connectivity index (χ4v) is 3.66. The Balaban J connectivity index is 1.86. The lowest BCUT2D eigenvalue weighted by molar-refractivity contribution is -0.343. The second kappa shape index (κ2) is 4.68. The van der Waals surface area contributed by atoms with E-state index in [1.807, 2.05) is 0 Å². The average Bonchev–Trinajstić information content (AvgIpc) is 3.16. The summed E-state index contributed by atoms with van der Waals surface area (Å²) in [5.74, 6) is -2.51. The second-order valence-electron chi connectivity index (χ2n) is 5.80. The highest BCUT2D eigenvalue weighted by molar-refractivity contribution is 5.80. The minimum atomic E-state index is -4.75. The quantitative estimate of drug-likeness (QED) is 0.740. The van der Waals surface area contributed by atoms with E-state index in [9.17, 15) is 18.0 Å². The monoisotopic (exact) mass is 329 g/mol. The molecule has 1 aromatic rings. The topological polar surface area (TPSA) is 48.0 Å². The molecule has 3 fully saturated rings. The van der Waals surface area contributed by atoms with Crippen LogP contribution in [-0.4, -0.2) is 41.9 Å². The maximum Gasteiger partial charge on any atom is 0.443 e. The highest BCUT2D eigenvalue weighted by atomic mass is 19.4. The van der Waals surface area contributed by atoms with Gasteiger partial charge in [0, 0.05) is 12.8 Å². The fourth-order valence-electron chi connectivity index (χ4n) is 3.66. The van der Waals surface area contributed by atoms with Crippen LogP contribution in [0.1, 0.15) is 24.4 Å². The predicted molar refractivity (Wildman–Crippen MR) is 69.8 cm³/mol. The second-order valence-corrected chi connectivity index (χ2v) is 5.80. The van der Waals surface area contributed by atoms with E-state index in [0.29, 0.717) is 5.56 Å². The number of fused-ring (bicyclic) bond motifs is 2. The number of alkyl halides is 3.